The predicted molar refractivity (Wildman–Crippen MR) is 121 cm³/mol. The first-order valence-corrected chi connectivity index (χ1v) is 10.1. The van der Waals surface area contributed by atoms with Crippen LogP contribution in [0.3, 0.4) is 0 Å². The highest BCUT2D eigenvalue weighted by Gasteiger charge is 2.07. The van der Waals surface area contributed by atoms with Gasteiger partial charge in [-0.1, -0.05) is 24.3 Å². The largest absolute Gasteiger partial charge is 0.488 e. The summed E-state index contributed by atoms with van der Waals surface area (Å²) in [5, 5.41) is 6.58. The van der Waals surface area contributed by atoms with Crippen LogP contribution in [0.2, 0.25) is 0 Å². The lowest BCUT2D eigenvalue weighted by molar-refractivity contribution is -0.114. The second-order valence-electron chi connectivity index (χ2n) is 6.53. The fourth-order valence-electron chi connectivity index (χ4n) is 2.66. The van der Waals surface area contributed by atoms with Gasteiger partial charge in [0.05, 0.1) is 10.7 Å². The molecule has 0 aliphatic rings. The van der Waals surface area contributed by atoms with E-state index in [9.17, 15) is 14.0 Å². The molecule has 0 heterocycles. The summed E-state index contributed by atoms with van der Waals surface area (Å²) < 4.78 is 20.0. The highest BCUT2D eigenvalue weighted by molar-refractivity contribution is 9.10. The summed E-state index contributed by atoms with van der Waals surface area (Å²) >= 11 is 3.42. The number of rotatable bonds is 7. The van der Waals surface area contributed by atoms with Gasteiger partial charge in [0.2, 0.25) is 5.91 Å². The van der Waals surface area contributed by atoms with Gasteiger partial charge in [0, 0.05) is 23.7 Å². The Bertz CT molecular complexity index is 1130. The lowest BCUT2D eigenvalue weighted by Gasteiger charge is -2.09. The number of hydrogen-bond acceptors (Lipinski definition) is 4. The molecule has 0 radical (unpaired) electrons. The predicted octanol–water partition coefficient (Wildman–Crippen LogP) is 4.89. The van der Waals surface area contributed by atoms with Crippen LogP contribution in [-0.4, -0.2) is 18.0 Å². The molecule has 31 heavy (non-hydrogen) atoms. The standard InChI is InChI=1S/C23H19BrFN3O3/c1-15(29)27-19-7-4-6-17(12-19)23(30)28-26-13-16-9-10-22(20(24)11-16)31-14-18-5-2-3-8-21(18)25/h2-13H,14H2,1H3,(H,27,29)(H,28,30)/b26-13-. The molecule has 3 aromatic carbocycles. The quantitative estimate of drug-likeness (QED) is 0.370. The summed E-state index contributed by atoms with van der Waals surface area (Å²) in [5.74, 6) is -0.394. The van der Waals surface area contributed by atoms with Gasteiger partial charge in [-0.2, -0.15) is 5.10 Å². The van der Waals surface area contributed by atoms with Crippen LogP contribution in [0.4, 0.5) is 10.1 Å². The third kappa shape index (κ3) is 6.48. The van der Waals surface area contributed by atoms with Crippen LogP contribution in [-0.2, 0) is 11.4 Å². The molecule has 0 aliphatic carbocycles. The van der Waals surface area contributed by atoms with Gasteiger partial charge >= 0.3 is 0 Å². The summed E-state index contributed by atoms with van der Waals surface area (Å²) in [4.78, 5) is 23.4. The zero-order chi connectivity index (χ0) is 22.2. The van der Waals surface area contributed by atoms with Crippen molar-refractivity contribution in [2.75, 3.05) is 5.32 Å². The van der Waals surface area contributed by atoms with E-state index in [4.69, 9.17) is 4.74 Å². The first-order valence-electron chi connectivity index (χ1n) is 9.29. The van der Waals surface area contributed by atoms with E-state index in [-0.39, 0.29) is 18.3 Å². The maximum Gasteiger partial charge on any atom is 0.271 e. The Morgan fingerprint density at radius 3 is 2.65 bits per heavy atom. The minimum Gasteiger partial charge on any atom is -0.488 e. The number of nitrogens with one attached hydrogen (secondary N) is 2. The van der Waals surface area contributed by atoms with E-state index in [0.29, 0.717) is 27.0 Å². The molecule has 0 unspecified atom stereocenters. The number of anilines is 1. The van der Waals surface area contributed by atoms with Crippen LogP contribution in [0.15, 0.2) is 76.3 Å². The minimum atomic E-state index is -0.410. The van der Waals surface area contributed by atoms with Crippen LogP contribution < -0.4 is 15.5 Å². The molecule has 2 amide bonds. The van der Waals surface area contributed by atoms with Crippen LogP contribution >= 0.6 is 15.9 Å². The first kappa shape index (κ1) is 22.2. The van der Waals surface area contributed by atoms with Crippen LogP contribution in [0.5, 0.6) is 5.75 Å². The maximum absolute atomic E-state index is 13.7. The van der Waals surface area contributed by atoms with Crippen molar-refractivity contribution in [2.45, 2.75) is 13.5 Å². The van der Waals surface area contributed by atoms with Crippen molar-refractivity contribution in [3.63, 3.8) is 0 Å². The lowest BCUT2D eigenvalue weighted by atomic mass is 10.2. The molecule has 0 aromatic heterocycles. The van der Waals surface area contributed by atoms with Gasteiger partial charge in [0.1, 0.15) is 18.2 Å². The second kappa shape index (κ2) is 10.5. The van der Waals surface area contributed by atoms with E-state index in [1.165, 1.54) is 19.2 Å². The summed E-state index contributed by atoms with van der Waals surface area (Å²) in [7, 11) is 0. The molecule has 3 aromatic rings. The van der Waals surface area contributed by atoms with Crippen molar-refractivity contribution in [2.24, 2.45) is 5.10 Å². The third-order valence-corrected chi connectivity index (χ3v) is 4.74. The van der Waals surface area contributed by atoms with E-state index in [1.807, 2.05) is 0 Å². The number of carbonyl (C=O) groups is 2. The molecule has 6 nitrogen and oxygen atoms in total. The Labute approximate surface area is 187 Å². The van der Waals surface area contributed by atoms with Gasteiger partial charge in [-0.05, 0) is 64.0 Å². The number of amides is 2. The smallest absolute Gasteiger partial charge is 0.271 e. The normalized spacial score (nSPS) is 10.7. The van der Waals surface area contributed by atoms with Crippen molar-refractivity contribution in [1.29, 1.82) is 0 Å². The number of halogens is 2. The fourth-order valence-corrected chi connectivity index (χ4v) is 3.17. The number of carbonyl (C=O) groups excluding carboxylic acids is 2. The minimum absolute atomic E-state index is 0.103. The van der Waals surface area contributed by atoms with Crippen LogP contribution in [0.25, 0.3) is 0 Å². The van der Waals surface area contributed by atoms with E-state index < -0.39 is 5.91 Å². The molecule has 0 saturated heterocycles. The van der Waals surface area contributed by atoms with E-state index in [1.54, 1.807) is 60.7 Å². The van der Waals surface area contributed by atoms with Gasteiger partial charge in [-0.25, -0.2) is 9.82 Å². The van der Waals surface area contributed by atoms with Crippen molar-refractivity contribution in [1.82, 2.24) is 5.43 Å². The highest BCUT2D eigenvalue weighted by atomic mass is 79.9. The van der Waals surface area contributed by atoms with Gasteiger partial charge < -0.3 is 10.1 Å². The molecule has 3 rings (SSSR count). The summed E-state index contributed by atoms with van der Waals surface area (Å²) in [6.45, 7) is 1.50. The van der Waals surface area contributed by atoms with Crippen LogP contribution in [0.1, 0.15) is 28.4 Å². The number of ether oxygens (including phenoxy) is 1. The Balaban J connectivity index is 1.59. The molecule has 0 bridgehead atoms. The number of hydrogen-bond donors (Lipinski definition) is 2. The molecular formula is C23H19BrFN3O3. The van der Waals surface area contributed by atoms with Gasteiger partial charge in [0.15, 0.2) is 0 Å². The summed E-state index contributed by atoms with van der Waals surface area (Å²) in [6.07, 6.45) is 1.49. The number of hydrazone groups is 1. The van der Waals surface area contributed by atoms with E-state index in [2.05, 4.69) is 31.8 Å². The average Bonchev–Trinajstić information content (AvgIpc) is 2.74. The Morgan fingerprint density at radius 1 is 1.10 bits per heavy atom. The zero-order valence-corrected chi connectivity index (χ0v) is 18.1. The van der Waals surface area contributed by atoms with Gasteiger partial charge in [-0.3, -0.25) is 9.59 Å². The molecular weight excluding hydrogens is 465 g/mol. The fraction of sp³-hybridized carbons (Fsp3) is 0.0870. The second-order valence-corrected chi connectivity index (χ2v) is 7.39. The third-order valence-electron chi connectivity index (χ3n) is 4.12. The monoisotopic (exact) mass is 483 g/mol. The molecule has 0 saturated carbocycles. The van der Waals surface area contributed by atoms with E-state index in [0.717, 1.165) is 5.56 Å². The average molecular weight is 484 g/mol. The Morgan fingerprint density at radius 2 is 1.90 bits per heavy atom. The summed E-state index contributed by atoms with van der Waals surface area (Å²) in [6, 6.07) is 18.2. The number of nitrogens with zero attached hydrogens (tertiary/aromatic N) is 1. The number of benzene rings is 3. The van der Waals surface area contributed by atoms with Gasteiger partial charge in [-0.15, -0.1) is 0 Å². The molecule has 2 N–H and O–H groups in total. The molecule has 8 heteroatoms. The molecule has 0 fully saturated rings. The Hall–Kier alpha value is -3.52. The van der Waals surface area contributed by atoms with Crippen molar-refractivity contribution in [3.8, 4) is 5.75 Å². The Kier molecular flexibility index (Phi) is 7.50. The van der Waals surface area contributed by atoms with Gasteiger partial charge in [0.25, 0.3) is 5.91 Å². The molecule has 158 valence electrons. The van der Waals surface area contributed by atoms with Crippen molar-refractivity contribution in [3.05, 3.63) is 93.7 Å². The summed E-state index contributed by atoms with van der Waals surface area (Å²) in [5.41, 5.74) is 4.52. The zero-order valence-electron chi connectivity index (χ0n) is 16.6. The molecule has 0 atom stereocenters. The first-order chi connectivity index (χ1) is 14.9. The lowest BCUT2D eigenvalue weighted by Crippen LogP contribution is -2.18. The molecule has 0 aliphatic heterocycles. The SMILES string of the molecule is CC(=O)Nc1cccc(C(=O)N/N=C\c2ccc(OCc3ccccc3F)c(Br)c2)c1. The molecule has 0 spiro atoms. The highest BCUT2D eigenvalue weighted by Crippen LogP contribution is 2.26. The van der Waals surface area contributed by atoms with Crippen molar-refractivity contribution < 1.29 is 18.7 Å². The van der Waals surface area contributed by atoms with Crippen LogP contribution in [0, 0.1) is 5.82 Å². The topological polar surface area (TPSA) is 79.8 Å². The maximum atomic E-state index is 13.7. The van der Waals surface area contributed by atoms with Crippen molar-refractivity contribution >= 4 is 39.6 Å². The van der Waals surface area contributed by atoms with E-state index >= 15 is 0 Å².